The topological polar surface area (TPSA) is 479 Å². The molecule has 80 heavy (non-hydrogen) atoms. The van der Waals surface area contributed by atoms with Gasteiger partial charge < -0.3 is 21.7 Å². The third-order valence-corrected chi connectivity index (χ3v) is 10.3. The number of aliphatic imine (C=N–C) groups is 2. The average molecular weight is 1230 g/mol. The number of carbonyl (C=O) groups is 4. The molecule has 4 N–H and O–H groups in total. The number of fused-ring (bicyclic) bond motifs is 12. The summed E-state index contributed by atoms with van der Waals surface area (Å²) in [5, 5.41) is 21.4. The van der Waals surface area contributed by atoms with E-state index in [1.807, 2.05) is 0 Å². The van der Waals surface area contributed by atoms with E-state index in [0.717, 1.165) is 0 Å². The number of hydrogen-bond donors (Lipinski definition) is 2. The van der Waals surface area contributed by atoms with Crippen molar-refractivity contribution in [2.75, 3.05) is 26.2 Å². The van der Waals surface area contributed by atoms with Gasteiger partial charge in [0.2, 0.25) is 0 Å². The van der Waals surface area contributed by atoms with Crippen molar-refractivity contribution < 1.29 is 121 Å². The van der Waals surface area contributed by atoms with E-state index in [-0.39, 0.29) is 83.4 Å². The van der Waals surface area contributed by atoms with Crippen molar-refractivity contribution >= 4 is 34.9 Å². The van der Waals surface area contributed by atoms with Crippen LogP contribution in [-0.2, 0) is 34.1 Å². The molecule has 0 aliphatic heterocycles. The summed E-state index contributed by atoms with van der Waals surface area (Å²) < 4.78 is 67.9. The maximum atomic E-state index is 11.8. The van der Waals surface area contributed by atoms with Crippen LogP contribution in [-0.4, -0.2) is 101 Å². The zero-order chi connectivity index (χ0) is 56.6. The van der Waals surface area contributed by atoms with E-state index in [0.29, 0.717) is 90.1 Å². The van der Waals surface area contributed by atoms with Crippen molar-refractivity contribution in [1.82, 2.24) is 39.9 Å². The van der Waals surface area contributed by atoms with Crippen LogP contribution >= 0.6 is 0 Å². The van der Waals surface area contributed by atoms with Crippen molar-refractivity contribution in [1.29, 1.82) is 0 Å². The summed E-state index contributed by atoms with van der Waals surface area (Å²) in [6, 6.07) is 28.4. The summed E-state index contributed by atoms with van der Waals surface area (Å²) >= 11 is 0. The molecule has 0 fully saturated rings. The average Bonchev–Trinajstić information content (AvgIpc) is 4.30. The van der Waals surface area contributed by atoms with E-state index in [4.69, 9.17) is 48.7 Å². The van der Waals surface area contributed by atoms with Crippen LogP contribution in [0.5, 0.6) is 0 Å². The summed E-state index contributed by atoms with van der Waals surface area (Å²) in [7, 11) is -9.89. The minimum absolute atomic E-state index is 0. The molecule has 12 rings (SSSR count). The van der Waals surface area contributed by atoms with Gasteiger partial charge in [0.25, 0.3) is 0 Å². The number of halogens is 2. The van der Waals surface area contributed by atoms with Crippen LogP contribution in [0.1, 0.15) is 63.7 Å². The summed E-state index contributed by atoms with van der Waals surface area (Å²) in [5.41, 5.74) is 21.0. The summed E-state index contributed by atoms with van der Waals surface area (Å²) in [4.78, 5) is 87.3. The molecule has 0 bridgehead atoms. The second kappa shape index (κ2) is 29.9. The first-order valence-electron chi connectivity index (χ1n) is 22.1. The Bertz CT molecular complexity index is 2930. The minimum atomic E-state index is -4.94. The molecule has 0 atom stereocenters. The largest absolute Gasteiger partial charge is 2.00 e. The Hall–Kier alpha value is -7.96. The van der Waals surface area contributed by atoms with Gasteiger partial charge in [-0.25, -0.2) is 37.3 Å². The van der Waals surface area contributed by atoms with Crippen molar-refractivity contribution in [2.45, 2.75) is 0 Å². The summed E-state index contributed by atoms with van der Waals surface area (Å²) in [6.45, 7) is 0.803. The van der Waals surface area contributed by atoms with Crippen LogP contribution < -0.4 is 59.0 Å². The van der Waals surface area contributed by atoms with E-state index in [9.17, 15) is 29.4 Å². The Morgan fingerprint density at radius 2 is 0.475 bits per heavy atom. The van der Waals surface area contributed by atoms with E-state index in [2.05, 4.69) is 49.9 Å². The van der Waals surface area contributed by atoms with Crippen LogP contribution in [0.3, 0.4) is 0 Å². The monoisotopic (exact) mass is 1220 g/mol. The number of nitrogens with zero attached hydrogens (tertiary/aromatic N) is 10. The first-order valence-corrected chi connectivity index (χ1v) is 24.6. The van der Waals surface area contributed by atoms with Gasteiger partial charge in [-0.3, -0.25) is 69.0 Å². The molecule has 8 aromatic heterocycles. The Labute approximate surface area is 477 Å². The van der Waals surface area contributed by atoms with Crippen molar-refractivity contribution in [2.24, 2.45) is 21.5 Å². The maximum Gasteiger partial charge on any atom is 2.00 e. The van der Waals surface area contributed by atoms with Crippen LogP contribution in [0, 0.1) is 20.5 Å². The second-order valence-corrected chi connectivity index (χ2v) is 16.7. The SMILES string of the molecule is NCCN=C([O-])C([O-])=NCCN.O=C1c2cccnc2-c2ncccc21.O=C1c2cccnc2-c2ncccc21.O=C1c2cccnc2-c2ncccc21.O=C1c2cccnc2-c2ncccc21.[Cu+2].[Cu+2].[O-][Cl+3]([O-])([O-])[O-].[O-][Cl+3]([O-])([O-])[O-]. The third-order valence-electron chi connectivity index (χ3n) is 10.3. The molecule has 30 heteroatoms. The fourth-order valence-corrected chi connectivity index (χ4v) is 7.27. The molecule has 0 unspecified atom stereocenters. The zero-order valence-electron chi connectivity index (χ0n) is 40.4. The standard InChI is InChI=1S/4C11H6N2O.C6H14N4O2.2ClHO4.2Cu/c4*14-11-7-3-1-5-12-9(7)10-8(11)4-2-6-13-10;7-1-3-9-5(11)6(12)10-4-2-8;2*2-1(3,4)5;;/h4*1-6H;1-4,7-8H2,(H,9,11)(H,10,12);2*(H,2,3,4,5);;/q;;;;;;;2*+2/p-4. The number of nitrogens with two attached hydrogens (primary N) is 2. The van der Waals surface area contributed by atoms with Gasteiger partial charge in [0.1, 0.15) is 45.6 Å². The second-order valence-electron chi connectivity index (χ2n) is 15.2. The maximum absolute atomic E-state index is 11.8. The van der Waals surface area contributed by atoms with E-state index < -0.39 is 32.3 Å². The number of carbonyl (C=O) groups excluding carboxylic acids is 4. The van der Waals surface area contributed by atoms with Crippen LogP contribution in [0.2, 0.25) is 0 Å². The number of pyridine rings is 8. The molecule has 0 saturated heterocycles. The fraction of sp³-hybridized carbons (Fsp3) is 0.0800. The number of ketones is 4. The quantitative estimate of drug-likeness (QED) is 0.0940. The molecule has 416 valence electrons. The molecule has 0 spiro atoms. The van der Waals surface area contributed by atoms with Gasteiger partial charge in [-0.05, 0) is 109 Å². The molecule has 0 aromatic carbocycles. The minimum Gasteiger partial charge on any atom is -0.858 e. The molecule has 0 saturated carbocycles. The van der Waals surface area contributed by atoms with Gasteiger partial charge in [-0.1, -0.05) is 0 Å². The Balaban J connectivity index is 0.000000206. The molecule has 4 aliphatic rings. The van der Waals surface area contributed by atoms with Gasteiger partial charge in [0, 0.05) is 62.7 Å². The first kappa shape index (κ1) is 64.6. The molecule has 26 nitrogen and oxygen atoms in total. The molecule has 2 radical (unpaired) electrons. The van der Waals surface area contributed by atoms with E-state index in [1.54, 1.807) is 147 Å². The molecule has 4 aliphatic carbocycles. The summed E-state index contributed by atoms with van der Waals surface area (Å²) in [5.74, 6) is -1.61. The van der Waals surface area contributed by atoms with Gasteiger partial charge in [-0.2, -0.15) is 0 Å². The van der Waals surface area contributed by atoms with Gasteiger partial charge >= 0.3 is 34.1 Å². The Morgan fingerprint density at radius 3 is 0.600 bits per heavy atom. The number of rotatable bonds is 4. The molecule has 0 amide bonds. The van der Waals surface area contributed by atoms with Gasteiger partial charge in [0.05, 0.1) is 57.6 Å². The van der Waals surface area contributed by atoms with Crippen molar-refractivity contribution in [3.05, 3.63) is 191 Å². The molecule has 8 aromatic rings. The zero-order valence-corrected chi connectivity index (χ0v) is 43.8. The normalized spacial score (nSPS) is 12.2. The van der Waals surface area contributed by atoms with E-state index >= 15 is 0 Å². The molecular weight excluding hydrogens is 1190 g/mol. The smallest absolute Gasteiger partial charge is 0.858 e. The molecular formula is C50H36Cl2Cu2N12O14. The predicted octanol–water partition coefficient (Wildman–Crippen LogP) is -6.34. The van der Waals surface area contributed by atoms with Crippen molar-refractivity contribution in [3.8, 4) is 45.6 Å². The van der Waals surface area contributed by atoms with Crippen molar-refractivity contribution in [3.63, 3.8) is 0 Å². The number of hydrogen-bond acceptors (Lipinski definition) is 26. The Morgan fingerprint density at radius 1 is 0.338 bits per heavy atom. The number of aromatic nitrogens is 8. The fourth-order valence-electron chi connectivity index (χ4n) is 7.27. The third kappa shape index (κ3) is 17.0. The molecule has 8 heterocycles. The van der Waals surface area contributed by atoms with Crippen LogP contribution in [0.4, 0.5) is 0 Å². The van der Waals surface area contributed by atoms with Crippen LogP contribution in [0.15, 0.2) is 157 Å². The first-order chi connectivity index (χ1) is 37.2. The van der Waals surface area contributed by atoms with Gasteiger partial charge in [-0.15, -0.1) is 20.5 Å². The summed E-state index contributed by atoms with van der Waals surface area (Å²) in [6.07, 6.45) is 13.4. The van der Waals surface area contributed by atoms with Gasteiger partial charge in [0.15, 0.2) is 23.1 Å². The van der Waals surface area contributed by atoms with E-state index in [1.165, 1.54) is 0 Å². The van der Waals surface area contributed by atoms with Crippen LogP contribution in [0.25, 0.3) is 45.6 Å². The Kier molecular flexibility index (Phi) is 24.1. The predicted molar refractivity (Wildman–Crippen MR) is 246 cm³/mol.